The van der Waals surface area contributed by atoms with Crippen LogP contribution in [0.3, 0.4) is 0 Å². The Bertz CT molecular complexity index is 470. The second kappa shape index (κ2) is 8.92. The molecule has 1 aromatic rings. The van der Waals surface area contributed by atoms with Crippen LogP contribution in [0.4, 0.5) is 8.78 Å². The third-order valence-electron chi connectivity index (χ3n) is 2.88. The largest absolute Gasteiger partial charge is 0.336 e. The van der Waals surface area contributed by atoms with Gasteiger partial charge in [0.05, 0.1) is 6.04 Å². The van der Waals surface area contributed by atoms with E-state index >= 15 is 0 Å². The zero-order valence-electron chi connectivity index (χ0n) is 12.5. The van der Waals surface area contributed by atoms with Crippen LogP contribution in [0.5, 0.6) is 0 Å². The highest BCUT2D eigenvalue weighted by Crippen LogP contribution is 2.11. The lowest BCUT2D eigenvalue weighted by Gasteiger charge is -2.26. The monoisotopic (exact) mass is 321 g/mol. The summed E-state index contributed by atoms with van der Waals surface area (Å²) < 4.78 is 26.1. The van der Waals surface area contributed by atoms with E-state index in [2.05, 4.69) is 0 Å². The van der Waals surface area contributed by atoms with Crippen molar-refractivity contribution in [1.29, 1.82) is 0 Å². The maximum atomic E-state index is 13.2. The van der Waals surface area contributed by atoms with E-state index in [1.54, 1.807) is 11.8 Å². The van der Waals surface area contributed by atoms with Gasteiger partial charge >= 0.3 is 0 Å². The maximum Gasteiger partial charge on any atom is 0.239 e. The Hall–Kier alpha value is -1.24. The lowest BCUT2D eigenvalue weighted by atomic mass is 10.2. The first-order valence-electron chi connectivity index (χ1n) is 6.44. The van der Waals surface area contributed by atoms with Gasteiger partial charge in [-0.25, -0.2) is 8.78 Å². The molecule has 120 valence electrons. The molecule has 1 aromatic carbocycles. The number of hydrogen-bond donors (Lipinski definition) is 1. The highest BCUT2D eigenvalue weighted by molar-refractivity contribution is 5.85. The second-order valence-corrected chi connectivity index (χ2v) is 5.10. The number of carbonyl (C=O) groups excluding carboxylic acids is 1. The smallest absolute Gasteiger partial charge is 0.239 e. The van der Waals surface area contributed by atoms with Gasteiger partial charge in [-0.05, 0) is 38.7 Å². The van der Waals surface area contributed by atoms with Gasteiger partial charge in [0.15, 0.2) is 11.6 Å². The van der Waals surface area contributed by atoms with E-state index < -0.39 is 17.7 Å². The van der Waals surface area contributed by atoms with Crippen LogP contribution in [-0.2, 0) is 11.3 Å². The Morgan fingerprint density at radius 1 is 1.24 bits per heavy atom. The van der Waals surface area contributed by atoms with E-state index in [4.69, 9.17) is 5.73 Å². The number of rotatable bonds is 6. The molecule has 0 saturated heterocycles. The first kappa shape index (κ1) is 19.8. The van der Waals surface area contributed by atoms with E-state index in [1.807, 2.05) is 19.0 Å². The van der Waals surface area contributed by atoms with Crippen LogP contribution in [-0.4, -0.2) is 48.9 Å². The zero-order valence-corrected chi connectivity index (χ0v) is 13.3. The van der Waals surface area contributed by atoms with E-state index in [9.17, 15) is 13.6 Å². The molecule has 4 nitrogen and oxygen atoms in total. The molecule has 1 unspecified atom stereocenters. The normalized spacial score (nSPS) is 12.0. The first-order valence-corrected chi connectivity index (χ1v) is 6.44. The number of benzene rings is 1. The van der Waals surface area contributed by atoms with Gasteiger partial charge in [-0.2, -0.15) is 0 Å². The predicted molar refractivity (Wildman–Crippen MR) is 81.2 cm³/mol. The minimum Gasteiger partial charge on any atom is -0.336 e. The Kier molecular flexibility index (Phi) is 8.39. The van der Waals surface area contributed by atoms with Crippen molar-refractivity contribution in [1.82, 2.24) is 9.80 Å². The fraction of sp³-hybridized carbons (Fsp3) is 0.500. The van der Waals surface area contributed by atoms with E-state index in [1.165, 1.54) is 6.07 Å². The van der Waals surface area contributed by atoms with Gasteiger partial charge in [-0.3, -0.25) is 4.79 Å². The molecule has 0 aromatic heterocycles. The second-order valence-electron chi connectivity index (χ2n) is 5.10. The van der Waals surface area contributed by atoms with Gasteiger partial charge in [0.25, 0.3) is 0 Å². The van der Waals surface area contributed by atoms with Crippen molar-refractivity contribution in [3.8, 4) is 0 Å². The van der Waals surface area contributed by atoms with Crippen molar-refractivity contribution in [2.75, 3.05) is 27.2 Å². The van der Waals surface area contributed by atoms with Gasteiger partial charge < -0.3 is 15.5 Å². The lowest BCUT2D eigenvalue weighted by Crippen LogP contribution is -2.44. The molecule has 7 heteroatoms. The molecule has 0 aliphatic heterocycles. The van der Waals surface area contributed by atoms with Gasteiger partial charge in [0, 0.05) is 19.6 Å². The highest BCUT2D eigenvalue weighted by Gasteiger charge is 2.18. The van der Waals surface area contributed by atoms with Gasteiger partial charge in [-0.15, -0.1) is 12.4 Å². The molecule has 1 atom stereocenters. The summed E-state index contributed by atoms with van der Waals surface area (Å²) in [5, 5.41) is 0. The molecule has 0 spiro atoms. The molecule has 0 radical (unpaired) electrons. The molecule has 1 amide bonds. The fourth-order valence-electron chi connectivity index (χ4n) is 1.73. The molecule has 2 N–H and O–H groups in total. The number of likely N-dealkylation sites (N-methyl/N-ethyl adjacent to an activating group) is 1. The molecule has 0 fully saturated rings. The molecule has 0 heterocycles. The number of hydrogen-bond acceptors (Lipinski definition) is 3. The molecule has 21 heavy (non-hydrogen) atoms. The standard InChI is InChI=1S/C14H21F2N3O.ClH/c1-10(17)14(20)19(7-6-18(2)3)9-11-4-5-12(15)13(16)8-11;/h4-5,8,10H,6-7,9,17H2,1-3H3;1H. The van der Waals surface area contributed by atoms with E-state index in [0.29, 0.717) is 18.7 Å². The average molecular weight is 322 g/mol. The minimum absolute atomic E-state index is 0. The van der Waals surface area contributed by atoms with Crippen molar-refractivity contribution in [3.05, 3.63) is 35.4 Å². The van der Waals surface area contributed by atoms with Crippen molar-refractivity contribution >= 4 is 18.3 Å². The molecule has 0 aliphatic carbocycles. The Labute approximate surface area is 130 Å². The topological polar surface area (TPSA) is 49.6 Å². The van der Waals surface area contributed by atoms with Crippen LogP contribution in [0, 0.1) is 11.6 Å². The number of nitrogens with zero attached hydrogens (tertiary/aromatic N) is 2. The predicted octanol–water partition coefficient (Wildman–Crippen LogP) is 1.62. The third kappa shape index (κ3) is 6.37. The van der Waals surface area contributed by atoms with Crippen molar-refractivity contribution in [3.63, 3.8) is 0 Å². The number of amides is 1. The van der Waals surface area contributed by atoms with Gasteiger partial charge in [0.1, 0.15) is 0 Å². The fourth-order valence-corrected chi connectivity index (χ4v) is 1.73. The Morgan fingerprint density at radius 2 is 1.86 bits per heavy atom. The molecule has 0 bridgehead atoms. The first-order chi connectivity index (χ1) is 9.31. The highest BCUT2D eigenvalue weighted by atomic mass is 35.5. The Morgan fingerprint density at radius 3 is 2.33 bits per heavy atom. The summed E-state index contributed by atoms with van der Waals surface area (Å²) in [6.45, 7) is 2.97. The molecule has 1 rings (SSSR count). The molecule has 0 saturated carbocycles. The van der Waals surface area contributed by atoms with Crippen molar-refractivity contribution < 1.29 is 13.6 Å². The minimum atomic E-state index is -0.914. The zero-order chi connectivity index (χ0) is 15.3. The number of carbonyl (C=O) groups is 1. The van der Waals surface area contributed by atoms with Crippen LogP contribution in [0.1, 0.15) is 12.5 Å². The molecule has 0 aliphatic rings. The van der Waals surface area contributed by atoms with Crippen LogP contribution >= 0.6 is 12.4 Å². The van der Waals surface area contributed by atoms with Crippen molar-refractivity contribution in [2.24, 2.45) is 5.73 Å². The van der Waals surface area contributed by atoms with Gasteiger partial charge in [-0.1, -0.05) is 6.07 Å². The summed E-state index contributed by atoms with van der Waals surface area (Å²) in [5.41, 5.74) is 6.15. The van der Waals surface area contributed by atoms with Crippen LogP contribution in [0.15, 0.2) is 18.2 Å². The average Bonchev–Trinajstić information content (AvgIpc) is 2.37. The van der Waals surface area contributed by atoms with Crippen LogP contribution in [0.2, 0.25) is 0 Å². The summed E-state index contributed by atoms with van der Waals surface area (Å²) in [4.78, 5) is 15.5. The Balaban J connectivity index is 0.00000400. The summed E-state index contributed by atoms with van der Waals surface area (Å²) >= 11 is 0. The maximum absolute atomic E-state index is 13.2. The lowest BCUT2D eigenvalue weighted by molar-refractivity contribution is -0.133. The summed E-state index contributed by atoms with van der Waals surface area (Å²) in [5.74, 6) is -2.02. The van der Waals surface area contributed by atoms with Crippen LogP contribution in [0.25, 0.3) is 0 Å². The van der Waals surface area contributed by atoms with Crippen LogP contribution < -0.4 is 5.73 Å². The van der Waals surface area contributed by atoms with E-state index in [0.717, 1.165) is 12.1 Å². The van der Waals surface area contributed by atoms with Gasteiger partial charge in [0.2, 0.25) is 5.91 Å². The summed E-state index contributed by atoms with van der Waals surface area (Å²) in [6.07, 6.45) is 0. The molecular weight excluding hydrogens is 300 g/mol. The summed E-state index contributed by atoms with van der Waals surface area (Å²) in [7, 11) is 3.79. The molecular formula is C14H22ClF2N3O. The SMILES string of the molecule is CC(N)C(=O)N(CCN(C)C)Cc1ccc(F)c(F)c1.Cl. The number of nitrogens with two attached hydrogens (primary N) is 1. The third-order valence-corrected chi connectivity index (χ3v) is 2.88. The number of halogens is 3. The summed E-state index contributed by atoms with van der Waals surface area (Å²) in [6, 6.07) is 3.01. The quantitative estimate of drug-likeness (QED) is 0.866. The van der Waals surface area contributed by atoms with E-state index in [-0.39, 0.29) is 24.9 Å². The van der Waals surface area contributed by atoms with Crippen molar-refractivity contribution in [2.45, 2.75) is 19.5 Å².